The van der Waals surface area contributed by atoms with Gasteiger partial charge in [0.05, 0.1) is 0 Å². The third-order valence-corrected chi connectivity index (χ3v) is 4.44. The summed E-state index contributed by atoms with van der Waals surface area (Å²) in [6.07, 6.45) is 1.58. The minimum Gasteiger partial charge on any atom is -0.337 e. The van der Waals surface area contributed by atoms with E-state index in [1.54, 1.807) is 17.2 Å². The highest BCUT2D eigenvalue weighted by molar-refractivity contribution is 5.89. The molecule has 0 unspecified atom stereocenters. The van der Waals surface area contributed by atoms with E-state index in [2.05, 4.69) is 29.1 Å². The van der Waals surface area contributed by atoms with Gasteiger partial charge in [0.1, 0.15) is 11.8 Å². The highest BCUT2D eigenvalue weighted by Gasteiger charge is 2.22. The molecule has 1 N–H and O–H groups in total. The van der Waals surface area contributed by atoms with E-state index < -0.39 is 0 Å². The van der Waals surface area contributed by atoms with Gasteiger partial charge in [0, 0.05) is 38.1 Å². The quantitative estimate of drug-likeness (QED) is 0.920. The zero-order valence-corrected chi connectivity index (χ0v) is 15.0. The number of piperazine rings is 1. The number of nitriles is 1. The first-order valence-electron chi connectivity index (χ1n) is 8.71. The largest absolute Gasteiger partial charge is 0.337 e. The molecule has 1 aromatic heterocycles. The molecule has 26 heavy (non-hydrogen) atoms. The van der Waals surface area contributed by atoms with Crippen molar-refractivity contribution in [2.75, 3.05) is 36.4 Å². The fourth-order valence-corrected chi connectivity index (χ4v) is 2.83. The topological polar surface area (TPSA) is 85.2 Å². The van der Waals surface area contributed by atoms with Gasteiger partial charge in [-0.25, -0.2) is 14.8 Å². The predicted molar refractivity (Wildman–Crippen MR) is 100 cm³/mol. The molecule has 3 rings (SSSR count). The standard InChI is InChI=1S/C19H22N6O/c1-14(2)15-3-5-16(6-4-15)23-19(26)25-11-9-24(10-12-25)18-21-8-7-17(13-20)22-18/h3-8,14H,9-12H2,1-2H3,(H,23,26). The van der Waals surface area contributed by atoms with Gasteiger partial charge in [0.25, 0.3) is 0 Å². The minimum atomic E-state index is -0.103. The molecule has 1 aliphatic heterocycles. The van der Waals surface area contributed by atoms with Crippen LogP contribution in [0.4, 0.5) is 16.4 Å². The molecule has 0 radical (unpaired) electrons. The van der Waals surface area contributed by atoms with Gasteiger partial charge in [0.15, 0.2) is 0 Å². The van der Waals surface area contributed by atoms with Crippen LogP contribution in [0.1, 0.15) is 31.0 Å². The Kier molecular flexibility index (Phi) is 5.32. The van der Waals surface area contributed by atoms with E-state index in [1.807, 2.05) is 35.2 Å². The van der Waals surface area contributed by atoms with Crippen molar-refractivity contribution >= 4 is 17.7 Å². The summed E-state index contributed by atoms with van der Waals surface area (Å²) < 4.78 is 0. The average Bonchev–Trinajstić information content (AvgIpc) is 2.68. The number of amides is 2. The van der Waals surface area contributed by atoms with Gasteiger partial charge >= 0.3 is 6.03 Å². The predicted octanol–water partition coefficient (Wildman–Crippen LogP) is 2.83. The minimum absolute atomic E-state index is 0.103. The van der Waals surface area contributed by atoms with Crippen LogP contribution in [-0.2, 0) is 0 Å². The second-order valence-electron chi connectivity index (χ2n) is 6.53. The average molecular weight is 350 g/mol. The zero-order chi connectivity index (χ0) is 18.5. The van der Waals surface area contributed by atoms with Crippen LogP contribution >= 0.6 is 0 Å². The summed E-state index contributed by atoms with van der Waals surface area (Å²) in [5.41, 5.74) is 2.39. The third-order valence-electron chi connectivity index (χ3n) is 4.44. The first-order valence-corrected chi connectivity index (χ1v) is 8.71. The lowest BCUT2D eigenvalue weighted by Gasteiger charge is -2.34. The summed E-state index contributed by atoms with van der Waals surface area (Å²) in [6, 6.07) is 11.4. The Morgan fingerprint density at radius 2 is 1.85 bits per heavy atom. The molecular formula is C19H22N6O. The number of urea groups is 1. The van der Waals surface area contributed by atoms with Crippen LogP contribution in [0.3, 0.4) is 0 Å². The fraction of sp³-hybridized carbons (Fsp3) is 0.368. The second kappa shape index (κ2) is 7.83. The van der Waals surface area contributed by atoms with Gasteiger partial charge in [-0.05, 0) is 29.7 Å². The summed E-state index contributed by atoms with van der Waals surface area (Å²) >= 11 is 0. The Bertz CT molecular complexity index is 804. The van der Waals surface area contributed by atoms with Gasteiger partial charge < -0.3 is 15.1 Å². The maximum absolute atomic E-state index is 12.5. The van der Waals surface area contributed by atoms with Crippen molar-refractivity contribution in [1.82, 2.24) is 14.9 Å². The molecular weight excluding hydrogens is 328 g/mol. The number of hydrogen-bond donors (Lipinski definition) is 1. The Labute approximate surface area is 153 Å². The second-order valence-corrected chi connectivity index (χ2v) is 6.53. The van der Waals surface area contributed by atoms with E-state index >= 15 is 0 Å². The van der Waals surface area contributed by atoms with E-state index in [9.17, 15) is 4.79 Å². The Morgan fingerprint density at radius 3 is 2.46 bits per heavy atom. The number of aromatic nitrogens is 2. The number of anilines is 2. The number of hydrogen-bond acceptors (Lipinski definition) is 5. The highest BCUT2D eigenvalue weighted by atomic mass is 16.2. The van der Waals surface area contributed by atoms with Crippen LogP contribution < -0.4 is 10.2 Å². The maximum atomic E-state index is 12.5. The smallest absolute Gasteiger partial charge is 0.321 e. The number of rotatable bonds is 3. The van der Waals surface area contributed by atoms with Gasteiger partial charge in [-0.3, -0.25) is 0 Å². The van der Waals surface area contributed by atoms with Gasteiger partial charge in [-0.2, -0.15) is 5.26 Å². The van der Waals surface area contributed by atoms with Crippen molar-refractivity contribution in [2.45, 2.75) is 19.8 Å². The van der Waals surface area contributed by atoms with E-state index in [0.29, 0.717) is 43.7 Å². The van der Waals surface area contributed by atoms with Crippen LogP contribution in [0.15, 0.2) is 36.5 Å². The van der Waals surface area contributed by atoms with Crippen LogP contribution in [0.2, 0.25) is 0 Å². The van der Waals surface area contributed by atoms with Gasteiger partial charge in [0.2, 0.25) is 5.95 Å². The first kappa shape index (κ1) is 17.7. The fourth-order valence-electron chi connectivity index (χ4n) is 2.83. The van der Waals surface area contributed by atoms with Crippen LogP contribution in [0, 0.1) is 11.3 Å². The van der Waals surface area contributed by atoms with Crippen molar-refractivity contribution in [3.63, 3.8) is 0 Å². The van der Waals surface area contributed by atoms with Crippen molar-refractivity contribution < 1.29 is 4.79 Å². The maximum Gasteiger partial charge on any atom is 0.321 e. The highest BCUT2D eigenvalue weighted by Crippen LogP contribution is 2.18. The summed E-state index contributed by atoms with van der Waals surface area (Å²) in [6.45, 7) is 6.71. The third kappa shape index (κ3) is 4.09. The first-order chi connectivity index (χ1) is 12.6. The number of nitrogens with zero attached hydrogens (tertiary/aromatic N) is 5. The molecule has 1 fully saturated rings. The normalized spacial score (nSPS) is 14.2. The summed E-state index contributed by atoms with van der Waals surface area (Å²) in [4.78, 5) is 24.6. The number of nitrogens with one attached hydrogen (secondary N) is 1. The Hall–Kier alpha value is -3.14. The number of carbonyl (C=O) groups is 1. The summed E-state index contributed by atoms with van der Waals surface area (Å²) in [5.74, 6) is 1.00. The lowest BCUT2D eigenvalue weighted by atomic mass is 10.0. The SMILES string of the molecule is CC(C)c1ccc(NC(=O)N2CCN(c3nccc(C#N)n3)CC2)cc1. The van der Waals surface area contributed by atoms with Crippen molar-refractivity contribution in [1.29, 1.82) is 5.26 Å². The van der Waals surface area contributed by atoms with Crippen LogP contribution in [0.25, 0.3) is 0 Å². The molecule has 1 aromatic carbocycles. The molecule has 1 saturated heterocycles. The molecule has 1 aliphatic rings. The number of carbonyl (C=O) groups excluding carboxylic acids is 1. The van der Waals surface area contributed by atoms with Crippen LogP contribution in [-0.4, -0.2) is 47.1 Å². The van der Waals surface area contributed by atoms with Crippen LogP contribution in [0.5, 0.6) is 0 Å². The zero-order valence-electron chi connectivity index (χ0n) is 15.0. The molecule has 7 nitrogen and oxygen atoms in total. The molecule has 2 amide bonds. The molecule has 2 heterocycles. The summed E-state index contributed by atoms with van der Waals surface area (Å²) in [5, 5.41) is 11.9. The Balaban J connectivity index is 1.55. The molecule has 0 atom stereocenters. The lowest BCUT2D eigenvalue weighted by molar-refractivity contribution is 0.208. The monoisotopic (exact) mass is 350 g/mol. The molecule has 134 valence electrons. The summed E-state index contributed by atoms with van der Waals surface area (Å²) in [7, 11) is 0. The van der Waals surface area contributed by atoms with Crippen molar-refractivity contribution in [3.8, 4) is 6.07 Å². The molecule has 0 aliphatic carbocycles. The van der Waals surface area contributed by atoms with Gasteiger partial charge in [-0.15, -0.1) is 0 Å². The van der Waals surface area contributed by atoms with Gasteiger partial charge in [-0.1, -0.05) is 26.0 Å². The molecule has 0 saturated carbocycles. The van der Waals surface area contributed by atoms with E-state index in [0.717, 1.165) is 5.69 Å². The molecule has 0 bridgehead atoms. The van der Waals surface area contributed by atoms with Crippen molar-refractivity contribution in [3.05, 3.63) is 47.8 Å². The number of benzene rings is 1. The molecule has 2 aromatic rings. The van der Waals surface area contributed by atoms with E-state index in [-0.39, 0.29) is 6.03 Å². The van der Waals surface area contributed by atoms with Crippen molar-refractivity contribution in [2.24, 2.45) is 0 Å². The molecule has 7 heteroatoms. The Morgan fingerprint density at radius 1 is 1.15 bits per heavy atom. The molecule has 0 spiro atoms. The lowest BCUT2D eigenvalue weighted by Crippen LogP contribution is -2.50. The van der Waals surface area contributed by atoms with E-state index in [1.165, 1.54) is 5.56 Å². The van der Waals surface area contributed by atoms with E-state index in [4.69, 9.17) is 5.26 Å².